The molecule has 9 nitrogen and oxygen atoms in total. The summed E-state index contributed by atoms with van der Waals surface area (Å²) >= 11 is 0. The first kappa shape index (κ1) is 33.5. The molecule has 3 aromatic rings. The molecule has 3 rings (SSSR count). The highest BCUT2D eigenvalue weighted by atomic mass is 32.2. The number of nitrogens with one attached hydrogen (secondary N) is 1. The van der Waals surface area contributed by atoms with Crippen LogP contribution in [0, 0.1) is 6.92 Å². The van der Waals surface area contributed by atoms with E-state index in [4.69, 9.17) is 9.47 Å². The van der Waals surface area contributed by atoms with Crippen molar-refractivity contribution in [1.29, 1.82) is 0 Å². The molecule has 0 spiro atoms. The van der Waals surface area contributed by atoms with Gasteiger partial charge in [0.2, 0.25) is 11.8 Å². The molecule has 10 heteroatoms. The summed E-state index contributed by atoms with van der Waals surface area (Å²) in [6.45, 7) is 9.03. The van der Waals surface area contributed by atoms with Crippen LogP contribution in [-0.4, -0.2) is 64.0 Å². The third-order valence-electron chi connectivity index (χ3n) is 6.91. The van der Waals surface area contributed by atoms with Crippen LogP contribution in [0.5, 0.6) is 11.5 Å². The Morgan fingerprint density at radius 2 is 1.53 bits per heavy atom. The fraction of sp³-hybridized carbons (Fsp3) is 0.394. The van der Waals surface area contributed by atoms with E-state index in [0.29, 0.717) is 24.3 Å². The minimum Gasteiger partial charge on any atom is -0.493 e. The summed E-state index contributed by atoms with van der Waals surface area (Å²) in [6, 6.07) is 20.0. The monoisotopic (exact) mass is 609 g/mol. The summed E-state index contributed by atoms with van der Waals surface area (Å²) in [7, 11) is -1.26. The van der Waals surface area contributed by atoms with Crippen molar-refractivity contribution >= 4 is 27.5 Å². The number of carbonyl (C=O) groups excluding carboxylic acids is 2. The van der Waals surface area contributed by atoms with E-state index in [9.17, 15) is 18.0 Å². The lowest BCUT2D eigenvalue weighted by Gasteiger charge is -2.35. The molecule has 0 aliphatic heterocycles. The van der Waals surface area contributed by atoms with E-state index in [-0.39, 0.29) is 23.0 Å². The molecule has 0 saturated heterocycles. The van der Waals surface area contributed by atoms with Gasteiger partial charge in [-0.05, 0) is 70.4 Å². The van der Waals surface area contributed by atoms with Crippen LogP contribution >= 0.6 is 0 Å². The standard InChI is InChI=1S/C33H43N3O6S/c1-8-28(32(38)34-33(3,4)5)35(21-20-25-12-10-9-11-13-25)31(37)23-36(26-16-19-29(41-6)30(22-26)42-7)43(39,40)27-17-14-24(2)15-18-27/h9-19,22,28H,8,20-21,23H2,1-7H3,(H,34,38)/t28-/m1/s1. The van der Waals surface area contributed by atoms with E-state index in [2.05, 4.69) is 5.32 Å². The van der Waals surface area contributed by atoms with E-state index in [0.717, 1.165) is 15.4 Å². The van der Waals surface area contributed by atoms with Crippen molar-refractivity contribution in [3.63, 3.8) is 0 Å². The number of anilines is 1. The minimum atomic E-state index is -4.20. The number of aryl methyl sites for hydroxylation is 1. The van der Waals surface area contributed by atoms with E-state index >= 15 is 0 Å². The van der Waals surface area contributed by atoms with E-state index in [1.54, 1.807) is 24.3 Å². The molecule has 1 atom stereocenters. The average molecular weight is 610 g/mol. The lowest BCUT2D eigenvalue weighted by atomic mass is 10.1. The maximum Gasteiger partial charge on any atom is 0.264 e. The van der Waals surface area contributed by atoms with Crippen LogP contribution in [-0.2, 0) is 26.0 Å². The van der Waals surface area contributed by atoms with E-state index in [1.807, 2.05) is 65.0 Å². The molecule has 0 aliphatic carbocycles. The fourth-order valence-corrected chi connectivity index (χ4v) is 6.10. The van der Waals surface area contributed by atoms with Gasteiger partial charge in [-0.15, -0.1) is 0 Å². The summed E-state index contributed by atoms with van der Waals surface area (Å²) in [5.74, 6) is -0.0686. The van der Waals surface area contributed by atoms with Gasteiger partial charge in [0.1, 0.15) is 12.6 Å². The van der Waals surface area contributed by atoms with Crippen molar-refractivity contribution in [2.24, 2.45) is 0 Å². The summed E-state index contributed by atoms with van der Waals surface area (Å²) in [5, 5.41) is 2.98. The van der Waals surface area contributed by atoms with Crippen LogP contribution in [0.2, 0.25) is 0 Å². The first-order valence-electron chi connectivity index (χ1n) is 14.3. The fourth-order valence-electron chi connectivity index (χ4n) is 4.70. The van der Waals surface area contributed by atoms with Crippen molar-refractivity contribution < 1.29 is 27.5 Å². The lowest BCUT2D eigenvalue weighted by Crippen LogP contribution is -2.56. The van der Waals surface area contributed by atoms with Gasteiger partial charge in [-0.1, -0.05) is 55.0 Å². The Kier molecular flexibility index (Phi) is 11.2. The Hall–Kier alpha value is -4.05. The molecule has 43 heavy (non-hydrogen) atoms. The SMILES string of the molecule is CC[C@H](C(=O)NC(C)(C)C)N(CCc1ccccc1)C(=O)CN(c1ccc(OC)c(OC)c1)S(=O)(=O)c1ccc(C)cc1. The molecule has 0 fully saturated rings. The molecule has 232 valence electrons. The van der Waals surface area contributed by atoms with Gasteiger partial charge in [0.05, 0.1) is 24.8 Å². The summed E-state index contributed by atoms with van der Waals surface area (Å²) in [6.07, 6.45) is 0.844. The number of ether oxygens (including phenoxy) is 2. The number of rotatable bonds is 13. The number of nitrogens with zero attached hydrogens (tertiary/aromatic N) is 2. The topological polar surface area (TPSA) is 105 Å². The van der Waals surface area contributed by atoms with Crippen LogP contribution in [0.25, 0.3) is 0 Å². The maximum atomic E-state index is 14.2. The maximum absolute atomic E-state index is 14.2. The number of benzene rings is 3. The molecule has 0 unspecified atom stereocenters. The summed E-state index contributed by atoms with van der Waals surface area (Å²) in [5.41, 5.74) is 1.60. The molecule has 0 radical (unpaired) electrons. The van der Waals surface area contributed by atoms with Crippen molar-refractivity contribution in [3.05, 3.63) is 83.9 Å². The van der Waals surface area contributed by atoms with Crippen LogP contribution in [0.4, 0.5) is 5.69 Å². The zero-order valence-electron chi connectivity index (χ0n) is 26.1. The van der Waals surface area contributed by atoms with Gasteiger partial charge in [0.25, 0.3) is 10.0 Å². The molecule has 2 amide bonds. The van der Waals surface area contributed by atoms with Crippen molar-refractivity contribution in [2.45, 2.75) is 63.9 Å². The van der Waals surface area contributed by atoms with E-state index in [1.165, 1.54) is 37.3 Å². The molecular weight excluding hydrogens is 566 g/mol. The number of amides is 2. The first-order chi connectivity index (χ1) is 20.3. The number of hydrogen-bond donors (Lipinski definition) is 1. The Labute approximate surface area is 255 Å². The number of sulfonamides is 1. The predicted molar refractivity (Wildman–Crippen MR) is 169 cm³/mol. The van der Waals surface area contributed by atoms with Gasteiger partial charge >= 0.3 is 0 Å². The largest absolute Gasteiger partial charge is 0.493 e. The predicted octanol–water partition coefficient (Wildman–Crippen LogP) is 4.97. The van der Waals surface area contributed by atoms with Gasteiger partial charge in [0.15, 0.2) is 11.5 Å². The van der Waals surface area contributed by atoms with Crippen LogP contribution in [0.1, 0.15) is 45.2 Å². The quantitative estimate of drug-likeness (QED) is 0.293. The number of carbonyl (C=O) groups is 2. The van der Waals surface area contributed by atoms with Gasteiger partial charge in [-0.25, -0.2) is 8.42 Å². The Morgan fingerprint density at radius 3 is 2.09 bits per heavy atom. The molecule has 0 aromatic heterocycles. The summed E-state index contributed by atoms with van der Waals surface area (Å²) in [4.78, 5) is 29.2. The highest BCUT2D eigenvalue weighted by Gasteiger charge is 2.34. The molecule has 0 saturated carbocycles. The zero-order chi connectivity index (χ0) is 31.8. The molecule has 0 aliphatic rings. The van der Waals surface area contributed by atoms with Crippen LogP contribution in [0.3, 0.4) is 0 Å². The van der Waals surface area contributed by atoms with Crippen molar-refractivity contribution in [2.75, 3.05) is 31.6 Å². The third kappa shape index (κ3) is 8.73. The second-order valence-electron chi connectivity index (χ2n) is 11.4. The van der Waals surface area contributed by atoms with Gasteiger partial charge < -0.3 is 19.7 Å². The van der Waals surface area contributed by atoms with Crippen LogP contribution in [0.15, 0.2) is 77.7 Å². The molecule has 1 N–H and O–H groups in total. The third-order valence-corrected chi connectivity index (χ3v) is 8.70. The molecule has 3 aromatic carbocycles. The van der Waals surface area contributed by atoms with E-state index < -0.39 is 34.1 Å². The molecule has 0 bridgehead atoms. The Balaban J connectivity index is 2.08. The highest BCUT2D eigenvalue weighted by molar-refractivity contribution is 7.92. The second kappa shape index (κ2) is 14.4. The lowest BCUT2D eigenvalue weighted by molar-refractivity contribution is -0.140. The van der Waals surface area contributed by atoms with Gasteiger partial charge in [-0.2, -0.15) is 0 Å². The number of methoxy groups -OCH3 is 2. The highest BCUT2D eigenvalue weighted by Crippen LogP contribution is 2.34. The molecule has 0 heterocycles. The first-order valence-corrected chi connectivity index (χ1v) is 15.7. The average Bonchev–Trinajstić information content (AvgIpc) is 2.97. The molecular formula is C33H43N3O6S. The van der Waals surface area contributed by atoms with Crippen molar-refractivity contribution in [1.82, 2.24) is 10.2 Å². The number of hydrogen-bond acceptors (Lipinski definition) is 6. The van der Waals surface area contributed by atoms with Crippen LogP contribution < -0.4 is 19.1 Å². The van der Waals surface area contributed by atoms with Gasteiger partial charge in [0, 0.05) is 18.2 Å². The minimum absolute atomic E-state index is 0.0361. The normalized spacial score (nSPS) is 12.3. The Morgan fingerprint density at radius 1 is 0.907 bits per heavy atom. The zero-order valence-corrected chi connectivity index (χ0v) is 26.9. The smallest absolute Gasteiger partial charge is 0.264 e. The Bertz CT molecular complexity index is 1490. The second-order valence-corrected chi connectivity index (χ2v) is 13.2. The summed E-state index contributed by atoms with van der Waals surface area (Å²) < 4.78 is 40.0. The van der Waals surface area contributed by atoms with Gasteiger partial charge in [-0.3, -0.25) is 13.9 Å². The van der Waals surface area contributed by atoms with Crippen molar-refractivity contribution in [3.8, 4) is 11.5 Å².